The van der Waals surface area contributed by atoms with Crippen LogP contribution in [0.1, 0.15) is 44.2 Å². The Balaban J connectivity index is 2.07. The molecule has 1 aliphatic rings. The molecule has 1 aliphatic heterocycles. The molecule has 2 aromatic rings. The van der Waals surface area contributed by atoms with Crippen LogP contribution in [-0.4, -0.2) is 16.8 Å². The van der Waals surface area contributed by atoms with Crippen molar-refractivity contribution in [2.45, 2.75) is 38.8 Å². The monoisotopic (exact) mass is 400 g/mol. The Bertz CT molecular complexity index is 791. The minimum Gasteiger partial charge on any atom is -0.443 e. The van der Waals surface area contributed by atoms with Gasteiger partial charge in [-0.1, -0.05) is 65.7 Å². The molecule has 2 aromatic carbocycles. The Kier molecular flexibility index (Phi) is 5.23. The van der Waals surface area contributed by atoms with E-state index in [0.29, 0.717) is 12.3 Å². The second-order valence-electron chi connectivity index (χ2n) is 6.10. The van der Waals surface area contributed by atoms with Gasteiger partial charge in [0.15, 0.2) is 0 Å². The molecule has 4 nitrogen and oxygen atoms in total. The highest BCUT2D eigenvalue weighted by molar-refractivity contribution is 9.10. The summed E-state index contributed by atoms with van der Waals surface area (Å²) in [6.07, 6.45) is 2.63. The van der Waals surface area contributed by atoms with Crippen LogP contribution in [-0.2, 0) is 15.3 Å². The first kappa shape index (κ1) is 17.7. The molecule has 0 aliphatic carbocycles. The van der Waals surface area contributed by atoms with E-state index in [0.717, 1.165) is 28.4 Å². The van der Waals surface area contributed by atoms with Crippen LogP contribution in [0.5, 0.6) is 0 Å². The summed E-state index contributed by atoms with van der Waals surface area (Å²) in [5.74, 6) is 0.335. The van der Waals surface area contributed by atoms with Crippen LogP contribution in [0.2, 0.25) is 0 Å². The maximum Gasteiger partial charge on any atom is 0.243 e. The molecule has 0 aromatic heterocycles. The SMILES string of the molecule is CCCC[C@]1(c2ccccc2)OC(c2cccc(Br)c2)=NN1C(C)=O. The summed E-state index contributed by atoms with van der Waals surface area (Å²) >= 11 is 3.48. The number of halogens is 1. The minimum atomic E-state index is -0.888. The average Bonchev–Trinajstić information content (AvgIpc) is 3.02. The van der Waals surface area contributed by atoms with Crippen LogP contribution >= 0.6 is 15.9 Å². The first-order valence-corrected chi connectivity index (χ1v) is 9.26. The van der Waals surface area contributed by atoms with E-state index in [1.807, 2.05) is 54.6 Å². The van der Waals surface area contributed by atoms with E-state index in [4.69, 9.17) is 4.74 Å². The summed E-state index contributed by atoms with van der Waals surface area (Å²) in [4.78, 5) is 12.4. The molecule has 130 valence electrons. The van der Waals surface area contributed by atoms with Gasteiger partial charge in [-0.15, -0.1) is 5.10 Å². The summed E-state index contributed by atoms with van der Waals surface area (Å²) in [5, 5.41) is 6.03. The predicted molar refractivity (Wildman–Crippen MR) is 102 cm³/mol. The van der Waals surface area contributed by atoms with E-state index in [-0.39, 0.29) is 5.91 Å². The number of ether oxygens (including phenoxy) is 1. The predicted octanol–water partition coefficient (Wildman–Crippen LogP) is 5.03. The number of unbranched alkanes of at least 4 members (excludes halogenated alkanes) is 1. The molecule has 0 unspecified atom stereocenters. The molecule has 0 N–H and O–H groups in total. The van der Waals surface area contributed by atoms with Gasteiger partial charge in [0.05, 0.1) is 0 Å². The zero-order chi connectivity index (χ0) is 17.9. The molecule has 1 heterocycles. The maximum atomic E-state index is 12.4. The van der Waals surface area contributed by atoms with Gasteiger partial charge in [0.2, 0.25) is 17.5 Å². The molecule has 3 rings (SSSR count). The van der Waals surface area contributed by atoms with Crippen molar-refractivity contribution in [3.8, 4) is 0 Å². The first-order valence-electron chi connectivity index (χ1n) is 8.46. The minimum absolute atomic E-state index is 0.134. The normalized spacial score (nSPS) is 19.5. The van der Waals surface area contributed by atoms with Gasteiger partial charge in [0.1, 0.15) is 0 Å². The number of carbonyl (C=O) groups is 1. The van der Waals surface area contributed by atoms with Crippen LogP contribution < -0.4 is 0 Å². The van der Waals surface area contributed by atoms with Crippen molar-refractivity contribution in [3.63, 3.8) is 0 Å². The largest absolute Gasteiger partial charge is 0.443 e. The van der Waals surface area contributed by atoms with Gasteiger partial charge < -0.3 is 4.74 Å². The molecular weight excluding hydrogens is 380 g/mol. The fourth-order valence-corrected chi connectivity index (χ4v) is 3.45. The number of rotatable bonds is 5. The lowest BCUT2D eigenvalue weighted by molar-refractivity contribution is -0.150. The van der Waals surface area contributed by atoms with Crippen LogP contribution in [0.25, 0.3) is 0 Å². The van der Waals surface area contributed by atoms with Crippen molar-refractivity contribution < 1.29 is 9.53 Å². The van der Waals surface area contributed by atoms with Crippen molar-refractivity contribution in [1.82, 2.24) is 5.01 Å². The summed E-state index contributed by atoms with van der Waals surface area (Å²) < 4.78 is 7.33. The second kappa shape index (κ2) is 7.40. The highest BCUT2D eigenvalue weighted by Crippen LogP contribution is 2.41. The highest BCUT2D eigenvalue weighted by atomic mass is 79.9. The lowest BCUT2D eigenvalue weighted by Crippen LogP contribution is -2.44. The maximum absolute atomic E-state index is 12.4. The van der Waals surface area contributed by atoms with Crippen LogP contribution in [0, 0.1) is 0 Å². The van der Waals surface area contributed by atoms with Gasteiger partial charge in [0.25, 0.3) is 0 Å². The molecule has 1 atom stereocenters. The molecule has 0 saturated heterocycles. The molecule has 0 spiro atoms. The molecule has 25 heavy (non-hydrogen) atoms. The Labute approximate surface area is 156 Å². The van der Waals surface area contributed by atoms with E-state index >= 15 is 0 Å². The zero-order valence-corrected chi connectivity index (χ0v) is 16.0. The van der Waals surface area contributed by atoms with Crippen molar-refractivity contribution >= 4 is 27.7 Å². The molecule has 0 fully saturated rings. The number of hydrazone groups is 1. The fraction of sp³-hybridized carbons (Fsp3) is 0.300. The number of nitrogens with zero attached hydrogens (tertiary/aromatic N) is 2. The van der Waals surface area contributed by atoms with Gasteiger partial charge in [-0.2, -0.15) is 5.01 Å². The van der Waals surface area contributed by atoms with E-state index in [9.17, 15) is 4.79 Å². The van der Waals surface area contributed by atoms with E-state index in [1.54, 1.807) is 0 Å². The Morgan fingerprint density at radius 3 is 2.60 bits per heavy atom. The standard InChI is InChI=1S/C20H21BrN2O2/c1-3-4-13-20(17-10-6-5-7-11-17)23(15(2)24)22-19(25-20)16-9-8-12-18(21)14-16/h5-12,14H,3-4,13H2,1-2H3/t20-/m1/s1. The topological polar surface area (TPSA) is 41.9 Å². The number of carbonyl (C=O) groups excluding carboxylic acids is 1. The average molecular weight is 401 g/mol. The van der Waals surface area contributed by atoms with Crippen LogP contribution in [0.3, 0.4) is 0 Å². The molecule has 0 bridgehead atoms. The van der Waals surface area contributed by atoms with Crippen LogP contribution in [0.15, 0.2) is 64.2 Å². The summed E-state index contributed by atoms with van der Waals surface area (Å²) in [6, 6.07) is 17.6. The first-order chi connectivity index (χ1) is 12.1. The van der Waals surface area contributed by atoms with Crippen LogP contribution in [0.4, 0.5) is 0 Å². The van der Waals surface area contributed by atoms with Gasteiger partial charge in [-0.3, -0.25) is 4.79 Å². The number of benzene rings is 2. The highest BCUT2D eigenvalue weighted by Gasteiger charge is 2.48. The third-order valence-corrected chi connectivity index (χ3v) is 4.76. The smallest absolute Gasteiger partial charge is 0.243 e. The van der Waals surface area contributed by atoms with Crippen molar-refractivity contribution in [2.24, 2.45) is 5.10 Å². The molecule has 1 amide bonds. The third-order valence-electron chi connectivity index (χ3n) is 4.26. The quantitative estimate of drug-likeness (QED) is 0.705. The Hall–Kier alpha value is -2.14. The summed E-state index contributed by atoms with van der Waals surface area (Å²) in [5.41, 5.74) is 0.892. The second-order valence-corrected chi connectivity index (χ2v) is 7.02. The number of hydrogen-bond acceptors (Lipinski definition) is 3. The van der Waals surface area contributed by atoms with Crippen molar-refractivity contribution in [1.29, 1.82) is 0 Å². The summed E-state index contributed by atoms with van der Waals surface area (Å²) in [7, 11) is 0. The van der Waals surface area contributed by atoms with Crippen molar-refractivity contribution in [2.75, 3.05) is 0 Å². The van der Waals surface area contributed by atoms with E-state index in [1.165, 1.54) is 11.9 Å². The van der Waals surface area contributed by atoms with Gasteiger partial charge in [-0.25, -0.2) is 0 Å². The van der Waals surface area contributed by atoms with E-state index in [2.05, 4.69) is 28.0 Å². The van der Waals surface area contributed by atoms with Gasteiger partial charge in [0, 0.05) is 28.9 Å². The Morgan fingerprint density at radius 2 is 1.96 bits per heavy atom. The van der Waals surface area contributed by atoms with Crippen molar-refractivity contribution in [3.05, 3.63) is 70.2 Å². The third kappa shape index (κ3) is 3.47. The zero-order valence-electron chi connectivity index (χ0n) is 14.4. The molecule has 0 saturated carbocycles. The summed E-state index contributed by atoms with van der Waals surface area (Å²) in [6.45, 7) is 3.65. The molecular formula is C20H21BrN2O2. The van der Waals surface area contributed by atoms with Gasteiger partial charge >= 0.3 is 0 Å². The number of amides is 1. The molecule has 5 heteroatoms. The van der Waals surface area contributed by atoms with E-state index < -0.39 is 5.72 Å². The Morgan fingerprint density at radius 1 is 1.20 bits per heavy atom. The fourth-order valence-electron chi connectivity index (χ4n) is 3.06. The van der Waals surface area contributed by atoms with Gasteiger partial charge in [-0.05, 0) is 24.6 Å². The lowest BCUT2D eigenvalue weighted by atomic mass is 9.95. The lowest BCUT2D eigenvalue weighted by Gasteiger charge is -2.35. The number of hydrogen-bond donors (Lipinski definition) is 0. The molecule has 0 radical (unpaired) electrons.